The lowest BCUT2D eigenvalue weighted by Crippen LogP contribution is -2.22. The molecule has 0 bridgehead atoms. The molecule has 0 saturated carbocycles. The summed E-state index contributed by atoms with van der Waals surface area (Å²) in [6.07, 6.45) is 1.03. The van der Waals surface area contributed by atoms with E-state index in [1.165, 1.54) is 0 Å². The molecule has 0 spiro atoms. The minimum Gasteiger partial charge on any atom is -0.379 e. The van der Waals surface area contributed by atoms with Crippen LogP contribution in [0.4, 0.5) is 5.82 Å². The second-order valence-corrected chi connectivity index (χ2v) is 6.17. The van der Waals surface area contributed by atoms with Crippen LogP contribution in [0.3, 0.4) is 0 Å². The van der Waals surface area contributed by atoms with Crippen LogP contribution in [0, 0.1) is 0 Å². The summed E-state index contributed by atoms with van der Waals surface area (Å²) in [5, 5.41) is 3.39. The van der Waals surface area contributed by atoms with Gasteiger partial charge < -0.3 is 10.1 Å². The zero-order chi connectivity index (χ0) is 12.5. The second-order valence-electron chi connectivity index (χ2n) is 5.35. The van der Waals surface area contributed by atoms with E-state index in [0.29, 0.717) is 6.04 Å². The molecule has 1 aliphatic rings. The number of aromatic nitrogens is 2. The summed E-state index contributed by atoms with van der Waals surface area (Å²) in [6.45, 7) is 7.91. The van der Waals surface area contributed by atoms with Crippen LogP contribution in [-0.2, 0) is 10.2 Å². The predicted molar refractivity (Wildman–Crippen MR) is 71.3 cm³/mol. The standard InChI is InChI=1S/C12H18BrN3O/c1-12(2,3)11-15-9(13)6-10(16-11)14-8-4-5-17-7-8/h6,8H,4-5,7H2,1-3H3,(H,14,15,16). The first kappa shape index (κ1) is 12.8. The molecule has 0 aromatic carbocycles. The van der Waals surface area contributed by atoms with Gasteiger partial charge >= 0.3 is 0 Å². The molecule has 2 rings (SSSR count). The third-order valence-corrected chi connectivity index (χ3v) is 3.05. The number of halogens is 1. The monoisotopic (exact) mass is 299 g/mol. The van der Waals surface area contributed by atoms with E-state index in [-0.39, 0.29) is 5.41 Å². The third kappa shape index (κ3) is 3.39. The molecular weight excluding hydrogens is 282 g/mol. The van der Waals surface area contributed by atoms with Gasteiger partial charge in [0.1, 0.15) is 16.2 Å². The van der Waals surface area contributed by atoms with Gasteiger partial charge in [-0.2, -0.15) is 0 Å². The third-order valence-electron chi connectivity index (χ3n) is 2.65. The number of nitrogens with one attached hydrogen (secondary N) is 1. The van der Waals surface area contributed by atoms with Gasteiger partial charge in [-0.25, -0.2) is 9.97 Å². The average molecular weight is 300 g/mol. The Hall–Kier alpha value is -0.680. The van der Waals surface area contributed by atoms with Crippen LogP contribution >= 0.6 is 15.9 Å². The number of rotatable bonds is 2. The van der Waals surface area contributed by atoms with E-state index in [1.807, 2.05) is 6.07 Å². The molecule has 1 atom stereocenters. The summed E-state index contributed by atoms with van der Waals surface area (Å²) < 4.78 is 6.16. The maximum absolute atomic E-state index is 5.34. The number of hydrogen-bond acceptors (Lipinski definition) is 4. The lowest BCUT2D eigenvalue weighted by Gasteiger charge is -2.19. The Labute approximate surface area is 110 Å². The van der Waals surface area contributed by atoms with Crippen LogP contribution in [0.5, 0.6) is 0 Å². The number of anilines is 1. The summed E-state index contributed by atoms with van der Waals surface area (Å²) in [6, 6.07) is 2.28. The van der Waals surface area contributed by atoms with Gasteiger partial charge in [-0.1, -0.05) is 20.8 Å². The normalized spacial score (nSPS) is 20.6. The highest BCUT2D eigenvalue weighted by Gasteiger charge is 2.20. The SMILES string of the molecule is CC(C)(C)c1nc(Br)cc(NC2CCOC2)n1. The first-order chi connectivity index (χ1) is 7.95. The molecule has 0 aliphatic carbocycles. The Morgan fingerprint density at radius 3 is 2.76 bits per heavy atom. The van der Waals surface area contributed by atoms with Crippen molar-refractivity contribution in [3.8, 4) is 0 Å². The fourth-order valence-corrected chi connectivity index (χ4v) is 2.07. The maximum Gasteiger partial charge on any atom is 0.137 e. The lowest BCUT2D eigenvalue weighted by atomic mass is 9.96. The van der Waals surface area contributed by atoms with Crippen molar-refractivity contribution in [2.24, 2.45) is 0 Å². The van der Waals surface area contributed by atoms with Crippen LogP contribution in [-0.4, -0.2) is 29.2 Å². The molecule has 1 aromatic rings. The largest absolute Gasteiger partial charge is 0.379 e. The van der Waals surface area contributed by atoms with Crippen LogP contribution in [0.15, 0.2) is 10.7 Å². The van der Waals surface area contributed by atoms with Gasteiger partial charge in [-0.3, -0.25) is 0 Å². The molecule has 1 saturated heterocycles. The molecule has 1 aliphatic heterocycles. The van der Waals surface area contributed by atoms with Crippen molar-refractivity contribution in [3.05, 3.63) is 16.5 Å². The number of hydrogen-bond donors (Lipinski definition) is 1. The number of nitrogens with zero attached hydrogens (tertiary/aromatic N) is 2. The van der Waals surface area contributed by atoms with Crippen LogP contribution in [0.1, 0.15) is 33.0 Å². The molecule has 4 nitrogen and oxygen atoms in total. The minimum atomic E-state index is -0.0492. The Balaban J connectivity index is 2.19. The summed E-state index contributed by atoms with van der Waals surface area (Å²) in [5.74, 6) is 1.71. The summed E-state index contributed by atoms with van der Waals surface area (Å²) >= 11 is 3.43. The highest BCUT2D eigenvalue weighted by molar-refractivity contribution is 9.10. The van der Waals surface area contributed by atoms with Gasteiger partial charge in [0.15, 0.2) is 0 Å². The van der Waals surface area contributed by atoms with Crippen molar-refractivity contribution in [1.82, 2.24) is 9.97 Å². The van der Waals surface area contributed by atoms with E-state index in [9.17, 15) is 0 Å². The van der Waals surface area contributed by atoms with Gasteiger partial charge in [-0.15, -0.1) is 0 Å². The van der Waals surface area contributed by atoms with E-state index in [1.54, 1.807) is 0 Å². The quantitative estimate of drug-likeness (QED) is 0.853. The topological polar surface area (TPSA) is 47.0 Å². The van der Waals surface area contributed by atoms with Gasteiger partial charge in [0, 0.05) is 18.1 Å². The molecule has 0 radical (unpaired) electrons. The molecule has 1 aromatic heterocycles. The average Bonchev–Trinajstić information content (AvgIpc) is 2.68. The number of ether oxygens (including phenoxy) is 1. The van der Waals surface area contributed by atoms with E-state index in [2.05, 4.69) is 52.0 Å². The molecule has 1 fully saturated rings. The van der Waals surface area contributed by atoms with Crippen molar-refractivity contribution in [1.29, 1.82) is 0 Å². The second kappa shape index (κ2) is 4.90. The van der Waals surface area contributed by atoms with E-state index >= 15 is 0 Å². The Morgan fingerprint density at radius 2 is 2.18 bits per heavy atom. The van der Waals surface area contributed by atoms with E-state index < -0.39 is 0 Å². The zero-order valence-electron chi connectivity index (χ0n) is 10.5. The summed E-state index contributed by atoms with van der Waals surface area (Å²) in [4.78, 5) is 8.97. The smallest absolute Gasteiger partial charge is 0.137 e. The highest BCUT2D eigenvalue weighted by atomic mass is 79.9. The summed E-state index contributed by atoms with van der Waals surface area (Å²) in [5.41, 5.74) is -0.0492. The lowest BCUT2D eigenvalue weighted by molar-refractivity contribution is 0.195. The van der Waals surface area contributed by atoms with Gasteiger partial charge in [0.05, 0.1) is 12.6 Å². The Bertz CT molecular complexity index is 397. The molecule has 5 heteroatoms. The van der Waals surface area contributed by atoms with Crippen molar-refractivity contribution in [2.45, 2.75) is 38.6 Å². The first-order valence-electron chi connectivity index (χ1n) is 5.84. The fourth-order valence-electron chi connectivity index (χ4n) is 1.68. The van der Waals surface area contributed by atoms with Gasteiger partial charge in [0.25, 0.3) is 0 Å². The van der Waals surface area contributed by atoms with Crippen LogP contribution in [0.2, 0.25) is 0 Å². The summed E-state index contributed by atoms with van der Waals surface area (Å²) in [7, 11) is 0. The van der Waals surface area contributed by atoms with Crippen LogP contribution in [0.25, 0.3) is 0 Å². The van der Waals surface area contributed by atoms with Crippen LogP contribution < -0.4 is 5.32 Å². The Morgan fingerprint density at radius 1 is 1.41 bits per heavy atom. The van der Waals surface area contributed by atoms with Crippen molar-refractivity contribution >= 4 is 21.7 Å². The van der Waals surface area contributed by atoms with Crippen molar-refractivity contribution in [3.63, 3.8) is 0 Å². The first-order valence-corrected chi connectivity index (χ1v) is 6.64. The van der Waals surface area contributed by atoms with E-state index in [0.717, 1.165) is 35.9 Å². The predicted octanol–water partition coefficient (Wildman–Crippen LogP) is 2.74. The van der Waals surface area contributed by atoms with Crippen molar-refractivity contribution in [2.75, 3.05) is 18.5 Å². The molecule has 94 valence electrons. The Kier molecular flexibility index (Phi) is 3.68. The highest BCUT2D eigenvalue weighted by Crippen LogP contribution is 2.23. The fraction of sp³-hybridized carbons (Fsp3) is 0.667. The van der Waals surface area contributed by atoms with Crippen molar-refractivity contribution < 1.29 is 4.74 Å². The zero-order valence-corrected chi connectivity index (χ0v) is 12.0. The molecular formula is C12H18BrN3O. The molecule has 1 unspecified atom stereocenters. The molecule has 0 amide bonds. The molecule has 1 N–H and O–H groups in total. The van der Waals surface area contributed by atoms with E-state index in [4.69, 9.17) is 4.74 Å². The molecule has 2 heterocycles. The van der Waals surface area contributed by atoms with Gasteiger partial charge in [-0.05, 0) is 22.4 Å². The molecule has 17 heavy (non-hydrogen) atoms. The van der Waals surface area contributed by atoms with Gasteiger partial charge in [0.2, 0.25) is 0 Å². The minimum absolute atomic E-state index is 0.0492. The maximum atomic E-state index is 5.34.